The Balaban J connectivity index is 2.54. The van der Waals surface area contributed by atoms with Crippen LogP contribution in [0.5, 0.6) is 0 Å². The molecule has 4 heteroatoms. The van der Waals surface area contributed by atoms with Crippen LogP contribution in [-0.2, 0) is 11.0 Å². The van der Waals surface area contributed by atoms with Crippen LogP contribution in [0.3, 0.4) is 0 Å². The molecule has 1 rings (SSSR count). The number of aliphatic hydroxyl groups is 1. The van der Waals surface area contributed by atoms with E-state index in [4.69, 9.17) is 0 Å². The highest BCUT2D eigenvalue weighted by molar-refractivity contribution is 7.84. The summed E-state index contributed by atoms with van der Waals surface area (Å²) in [4.78, 5) is 0. The van der Waals surface area contributed by atoms with E-state index in [1.165, 1.54) is 0 Å². The highest BCUT2D eigenvalue weighted by atomic mass is 32.2. The van der Waals surface area contributed by atoms with E-state index in [0.717, 1.165) is 19.3 Å². The maximum absolute atomic E-state index is 11.9. The van der Waals surface area contributed by atoms with Gasteiger partial charge in [-0.15, -0.1) is 0 Å². The second-order valence-electron chi connectivity index (χ2n) is 5.46. The number of aliphatic hydroxyl groups excluding tert-OH is 1. The zero-order valence-corrected chi connectivity index (χ0v) is 10.9. The average Bonchev–Trinajstić information content (AvgIpc) is 2.11. The van der Waals surface area contributed by atoms with Crippen LogP contribution < -0.4 is 4.72 Å². The van der Waals surface area contributed by atoms with Crippen molar-refractivity contribution in [2.75, 3.05) is 0 Å². The number of rotatable bonds is 2. The monoisotopic (exact) mass is 233 g/mol. The summed E-state index contributed by atoms with van der Waals surface area (Å²) in [6, 6.07) is 0.189. The molecule has 4 atom stereocenters. The molecule has 0 aromatic rings. The van der Waals surface area contributed by atoms with Crippen LogP contribution in [0.4, 0.5) is 0 Å². The van der Waals surface area contributed by atoms with Crippen LogP contribution in [0.25, 0.3) is 0 Å². The lowest BCUT2D eigenvalue weighted by Gasteiger charge is -2.34. The van der Waals surface area contributed by atoms with Crippen molar-refractivity contribution in [3.8, 4) is 0 Å². The molecule has 0 spiro atoms. The van der Waals surface area contributed by atoms with E-state index < -0.39 is 11.0 Å². The first-order valence-electron chi connectivity index (χ1n) is 5.68. The summed E-state index contributed by atoms with van der Waals surface area (Å²) in [6.45, 7) is 7.90. The van der Waals surface area contributed by atoms with Crippen molar-refractivity contribution in [2.45, 2.75) is 63.9 Å². The molecule has 1 aliphatic carbocycles. The molecule has 2 N–H and O–H groups in total. The second kappa shape index (κ2) is 4.93. The highest BCUT2D eigenvalue weighted by Gasteiger charge is 2.31. The van der Waals surface area contributed by atoms with Crippen molar-refractivity contribution < 1.29 is 9.32 Å². The molecule has 3 nitrogen and oxygen atoms in total. The molecule has 0 aromatic heterocycles. The second-order valence-corrected chi connectivity index (χ2v) is 7.46. The first-order chi connectivity index (χ1) is 6.82. The van der Waals surface area contributed by atoms with Crippen LogP contribution in [0, 0.1) is 5.92 Å². The van der Waals surface area contributed by atoms with Gasteiger partial charge in [-0.2, -0.15) is 0 Å². The fourth-order valence-electron chi connectivity index (χ4n) is 1.82. The van der Waals surface area contributed by atoms with E-state index in [2.05, 4.69) is 4.72 Å². The lowest BCUT2D eigenvalue weighted by Crippen LogP contribution is -2.47. The third kappa shape index (κ3) is 3.54. The van der Waals surface area contributed by atoms with Crippen molar-refractivity contribution >= 4 is 11.0 Å². The lowest BCUT2D eigenvalue weighted by atomic mass is 9.84. The van der Waals surface area contributed by atoms with Gasteiger partial charge in [0.25, 0.3) is 0 Å². The van der Waals surface area contributed by atoms with Gasteiger partial charge >= 0.3 is 0 Å². The van der Waals surface area contributed by atoms with E-state index in [-0.39, 0.29) is 22.8 Å². The largest absolute Gasteiger partial charge is 0.393 e. The van der Waals surface area contributed by atoms with Gasteiger partial charge in [0.2, 0.25) is 0 Å². The predicted molar refractivity (Wildman–Crippen MR) is 63.8 cm³/mol. The molecule has 1 aliphatic rings. The summed E-state index contributed by atoms with van der Waals surface area (Å²) < 4.78 is 14.8. The molecule has 15 heavy (non-hydrogen) atoms. The molecule has 0 amide bonds. The quantitative estimate of drug-likeness (QED) is 0.761. The number of hydrogen-bond acceptors (Lipinski definition) is 2. The minimum absolute atomic E-state index is 0.189. The third-order valence-corrected chi connectivity index (χ3v) is 4.70. The first kappa shape index (κ1) is 13.1. The SMILES string of the molecule is C[C@H]1[C@H](O)CCC[C@@H]1NS(=O)C(C)(C)C. The van der Waals surface area contributed by atoms with Crippen LogP contribution >= 0.6 is 0 Å². The normalized spacial score (nSPS) is 35.1. The minimum atomic E-state index is -1.03. The number of hydrogen-bond donors (Lipinski definition) is 2. The molecule has 0 bridgehead atoms. The van der Waals surface area contributed by atoms with E-state index in [1.807, 2.05) is 27.7 Å². The minimum Gasteiger partial charge on any atom is -0.393 e. The standard InChI is InChI=1S/C11H23NO2S/c1-8-9(6-5-7-10(8)13)12-15(14)11(2,3)4/h8-10,12-13H,5-7H2,1-4H3/t8-,9+,10-,15?/m1/s1. The summed E-state index contributed by atoms with van der Waals surface area (Å²) in [7, 11) is -1.03. The van der Waals surface area contributed by atoms with E-state index in [0.29, 0.717) is 0 Å². The number of nitrogens with one attached hydrogen (secondary N) is 1. The molecule has 0 aromatic carbocycles. The summed E-state index contributed by atoms with van der Waals surface area (Å²) in [5.41, 5.74) is 0. The van der Waals surface area contributed by atoms with Crippen LogP contribution in [0.1, 0.15) is 47.0 Å². The molecule has 0 radical (unpaired) electrons. The van der Waals surface area contributed by atoms with Gasteiger partial charge in [0.1, 0.15) is 0 Å². The van der Waals surface area contributed by atoms with Crippen molar-refractivity contribution in [1.82, 2.24) is 4.72 Å². The van der Waals surface area contributed by atoms with Gasteiger partial charge in [-0.05, 0) is 46.0 Å². The maximum atomic E-state index is 11.9. The van der Waals surface area contributed by atoms with E-state index >= 15 is 0 Å². The topological polar surface area (TPSA) is 49.3 Å². The Morgan fingerprint density at radius 2 is 1.93 bits per heavy atom. The van der Waals surface area contributed by atoms with Crippen molar-refractivity contribution in [2.24, 2.45) is 5.92 Å². The fourth-order valence-corrected chi connectivity index (χ4v) is 2.78. The summed E-state index contributed by atoms with van der Waals surface area (Å²) in [5, 5.41) is 9.72. The van der Waals surface area contributed by atoms with Crippen LogP contribution in [-0.4, -0.2) is 26.2 Å². The highest BCUT2D eigenvalue weighted by Crippen LogP contribution is 2.25. The van der Waals surface area contributed by atoms with Gasteiger partial charge in [0, 0.05) is 6.04 Å². The average molecular weight is 233 g/mol. The van der Waals surface area contributed by atoms with Gasteiger partial charge in [-0.1, -0.05) is 6.92 Å². The summed E-state index contributed by atoms with van der Waals surface area (Å²) >= 11 is 0. The molecule has 0 heterocycles. The van der Waals surface area contributed by atoms with Gasteiger partial charge in [0.15, 0.2) is 0 Å². The Hall–Kier alpha value is 0.0700. The predicted octanol–water partition coefficient (Wildman–Crippen LogP) is 1.59. The molecular formula is C11H23NO2S. The molecule has 0 aliphatic heterocycles. The Morgan fingerprint density at radius 1 is 1.33 bits per heavy atom. The molecular weight excluding hydrogens is 210 g/mol. The van der Waals surface area contributed by atoms with E-state index in [9.17, 15) is 9.32 Å². The Kier molecular flexibility index (Phi) is 4.32. The molecule has 0 saturated heterocycles. The molecule has 1 fully saturated rings. The van der Waals surface area contributed by atoms with Crippen molar-refractivity contribution in [3.63, 3.8) is 0 Å². The molecule has 90 valence electrons. The lowest BCUT2D eigenvalue weighted by molar-refractivity contribution is 0.0632. The summed E-state index contributed by atoms with van der Waals surface area (Å²) in [6.07, 6.45) is 2.67. The third-order valence-electron chi connectivity index (χ3n) is 3.07. The summed E-state index contributed by atoms with van der Waals surface area (Å²) in [5.74, 6) is 0.199. The first-order valence-corrected chi connectivity index (χ1v) is 6.83. The van der Waals surface area contributed by atoms with Crippen LogP contribution in [0.2, 0.25) is 0 Å². The van der Waals surface area contributed by atoms with E-state index in [1.54, 1.807) is 0 Å². The fraction of sp³-hybridized carbons (Fsp3) is 1.00. The zero-order chi connectivity index (χ0) is 11.6. The molecule has 1 unspecified atom stereocenters. The van der Waals surface area contributed by atoms with Crippen molar-refractivity contribution in [3.05, 3.63) is 0 Å². The van der Waals surface area contributed by atoms with Gasteiger partial charge in [-0.3, -0.25) is 0 Å². The smallest absolute Gasteiger partial charge is 0.0972 e. The Bertz CT molecular complexity index is 237. The van der Waals surface area contributed by atoms with Gasteiger partial charge in [-0.25, -0.2) is 8.93 Å². The van der Waals surface area contributed by atoms with Gasteiger partial charge in [0.05, 0.1) is 21.8 Å². The Morgan fingerprint density at radius 3 is 2.47 bits per heavy atom. The maximum Gasteiger partial charge on any atom is 0.0972 e. The van der Waals surface area contributed by atoms with Crippen molar-refractivity contribution in [1.29, 1.82) is 0 Å². The zero-order valence-electron chi connectivity index (χ0n) is 10.1. The van der Waals surface area contributed by atoms with Crippen LogP contribution in [0.15, 0.2) is 0 Å². The van der Waals surface area contributed by atoms with Gasteiger partial charge < -0.3 is 5.11 Å². The molecule has 1 saturated carbocycles. The Labute approximate surface area is 95.2 Å².